The summed E-state index contributed by atoms with van der Waals surface area (Å²) in [6.07, 6.45) is 1.68. The zero-order valence-electron chi connectivity index (χ0n) is 15.1. The minimum absolute atomic E-state index is 0. The lowest BCUT2D eigenvalue weighted by molar-refractivity contribution is -0.135. The third kappa shape index (κ3) is 5.33. The largest absolute Gasteiger partial charge is 0.337 e. The van der Waals surface area contributed by atoms with Crippen LogP contribution in [0.1, 0.15) is 25.8 Å². The van der Waals surface area contributed by atoms with E-state index in [0.29, 0.717) is 16.9 Å². The van der Waals surface area contributed by atoms with Crippen molar-refractivity contribution in [3.63, 3.8) is 0 Å². The van der Waals surface area contributed by atoms with Crippen molar-refractivity contribution in [2.24, 2.45) is 5.41 Å². The number of nitrogens with one attached hydrogen (secondary N) is 1. The Hall–Kier alpha value is -0.810. The van der Waals surface area contributed by atoms with Crippen molar-refractivity contribution in [1.29, 1.82) is 0 Å². The number of benzene rings is 1. The molecule has 2 atom stereocenters. The van der Waals surface area contributed by atoms with Crippen LogP contribution in [0.3, 0.4) is 0 Å². The minimum Gasteiger partial charge on any atom is -0.337 e. The molecule has 2 fully saturated rings. The number of amides is 1. The van der Waals surface area contributed by atoms with Gasteiger partial charge < -0.3 is 10.2 Å². The first kappa shape index (κ1) is 20.5. The maximum Gasteiger partial charge on any atom is 0.227 e. The van der Waals surface area contributed by atoms with E-state index >= 15 is 0 Å². The Morgan fingerprint density at radius 2 is 2.20 bits per heavy atom. The van der Waals surface area contributed by atoms with Crippen LogP contribution in [0.25, 0.3) is 0 Å². The molecule has 0 bridgehead atoms. The van der Waals surface area contributed by atoms with Gasteiger partial charge in [0.1, 0.15) is 0 Å². The molecular formula is C19H29Cl2N3O. The highest BCUT2D eigenvalue weighted by Gasteiger charge is 2.34. The average Bonchev–Trinajstić information content (AvgIpc) is 2.93. The quantitative estimate of drug-likeness (QED) is 0.865. The number of carbonyl (C=O) groups excluding carboxylic acids is 1. The number of halogens is 2. The van der Waals surface area contributed by atoms with E-state index in [9.17, 15) is 4.79 Å². The first-order chi connectivity index (χ1) is 11.5. The molecule has 140 valence electrons. The molecule has 1 amide bonds. The summed E-state index contributed by atoms with van der Waals surface area (Å²) in [6.45, 7) is 10.7. The Morgan fingerprint density at radius 3 is 2.84 bits per heavy atom. The van der Waals surface area contributed by atoms with E-state index in [1.54, 1.807) is 0 Å². The van der Waals surface area contributed by atoms with E-state index < -0.39 is 0 Å². The lowest BCUT2D eigenvalue weighted by Gasteiger charge is -2.42. The second kappa shape index (κ2) is 8.72. The van der Waals surface area contributed by atoms with Gasteiger partial charge in [-0.25, -0.2) is 0 Å². The van der Waals surface area contributed by atoms with Gasteiger partial charge in [0.25, 0.3) is 0 Å². The van der Waals surface area contributed by atoms with Crippen molar-refractivity contribution in [2.45, 2.75) is 32.7 Å². The molecule has 2 aliphatic rings. The van der Waals surface area contributed by atoms with Gasteiger partial charge in [0.05, 0.1) is 6.42 Å². The number of hydrogen-bond acceptors (Lipinski definition) is 3. The van der Waals surface area contributed by atoms with Crippen LogP contribution in [-0.4, -0.2) is 61.0 Å². The van der Waals surface area contributed by atoms with Crippen LogP contribution < -0.4 is 5.32 Å². The summed E-state index contributed by atoms with van der Waals surface area (Å²) in [5.41, 5.74) is 1.37. The molecule has 0 saturated carbocycles. The fourth-order valence-corrected chi connectivity index (χ4v) is 4.23. The summed E-state index contributed by atoms with van der Waals surface area (Å²) in [7, 11) is 0. The van der Waals surface area contributed by atoms with Crippen LogP contribution in [0.2, 0.25) is 5.02 Å². The van der Waals surface area contributed by atoms with Crippen molar-refractivity contribution in [2.75, 3.05) is 39.3 Å². The maximum absolute atomic E-state index is 12.7. The van der Waals surface area contributed by atoms with Gasteiger partial charge in [-0.2, -0.15) is 0 Å². The highest BCUT2D eigenvalue weighted by molar-refractivity contribution is 6.30. The second-order valence-corrected chi connectivity index (χ2v) is 8.15. The highest BCUT2D eigenvalue weighted by atomic mass is 35.5. The highest BCUT2D eigenvalue weighted by Crippen LogP contribution is 2.27. The fraction of sp³-hybridized carbons (Fsp3) is 0.632. The van der Waals surface area contributed by atoms with E-state index in [-0.39, 0.29) is 24.4 Å². The molecule has 1 aromatic rings. The Morgan fingerprint density at radius 1 is 1.40 bits per heavy atom. The fourth-order valence-electron chi connectivity index (χ4n) is 4.01. The van der Waals surface area contributed by atoms with Gasteiger partial charge >= 0.3 is 0 Å². The molecule has 0 radical (unpaired) electrons. The summed E-state index contributed by atoms with van der Waals surface area (Å²) < 4.78 is 0. The third-order valence-corrected chi connectivity index (χ3v) is 5.57. The molecule has 0 aliphatic carbocycles. The van der Waals surface area contributed by atoms with E-state index in [0.717, 1.165) is 44.8 Å². The molecule has 6 heteroatoms. The molecule has 2 heterocycles. The number of carbonyl (C=O) groups is 1. The lowest BCUT2D eigenvalue weighted by atomic mass is 9.88. The van der Waals surface area contributed by atoms with Gasteiger partial charge in [-0.15, -0.1) is 12.4 Å². The normalized spacial score (nSPS) is 27.2. The first-order valence-electron chi connectivity index (χ1n) is 8.92. The van der Waals surface area contributed by atoms with Crippen molar-refractivity contribution in [1.82, 2.24) is 15.1 Å². The third-order valence-electron chi connectivity index (χ3n) is 5.34. The van der Waals surface area contributed by atoms with Crippen LogP contribution in [0.15, 0.2) is 24.3 Å². The molecule has 3 rings (SSSR count). The Bertz CT molecular complexity index is 590. The molecular weight excluding hydrogens is 357 g/mol. The van der Waals surface area contributed by atoms with E-state index in [2.05, 4.69) is 24.1 Å². The summed E-state index contributed by atoms with van der Waals surface area (Å²) in [6, 6.07) is 7.87. The monoisotopic (exact) mass is 385 g/mol. The van der Waals surface area contributed by atoms with Crippen molar-refractivity contribution in [3.8, 4) is 0 Å². The lowest BCUT2D eigenvalue weighted by Crippen LogP contribution is -2.56. The topological polar surface area (TPSA) is 35.6 Å². The van der Waals surface area contributed by atoms with E-state index in [1.807, 2.05) is 29.2 Å². The summed E-state index contributed by atoms with van der Waals surface area (Å²) in [5.74, 6) is 0.207. The molecule has 25 heavy (non-hydrogen) atoms. The predicted molar refractivity (Wildman–Crippen MR) is 106 cm³/mol. The van der Waals surface area contributed by atoms with Gasteiger partial charge in [0, 0.05) is 43.8 Å². The molecule has 1 N–H and O–H groups in total. The Balaban J connectivity index is 0.00000225. The van der Waals surface area contributed by atoms with Gasteiger partial charge in [-0.1, -0.05) is 30.7 Å². The van der Waals surface area contributed by atoms with Crippen LogP contribution in [0.5, 0.6) is 0 Å². The maximum atomic E-state index is 12.7. The summed E-state index contributed by atoms with van der Waals surface area (Å²) in [5, 5.41) is 4.16. The average molecular weight is 386 g/mol. The predicted octanol–water partition coefficient (Wildman–Crippen LogP) is 2.84. The van der Waals surface area contributed by atoms with Crippen molar-refractivity contribution >= 4 is 29.9 Å². The zero-order chi connectivity index (χ0) is 17.2. The SMILES string of the molecule is CC1CN(CC2(C)CCNC2)CCN1C(=O)Cc1cccc(Cl)c1.Cl. The number of rotatable bonds is 4. The van der Waals surface area contributed by atoms with Crippen molar-refractivity contribution in [3.05, 3.63) is 34.9 Å². The number of hydrogen-bond donors (Lipinski definition) is 1. The first-order valence-corrected chi connectivity index (χ1v) is 9.30. The molecule has 2 unspecified atom stereocenters. The minimum atomic E-state index is 0. The molecule has 0 spiro atoms. The molecule has 1 aromatic carbocycles. The Kier molecular flexibility index (Phi) is 7.15. The molecule has 2 aliphatic heterocycles. The number of piperazine rings is 1. The molecule has 0 aromatic heterocycles. The molecule has 4 nitrogen and oxygen atoms in total. The summed E-state index contributed by atoms with van der Waals surface area (Å²) in [4.78, 5) is 17.2. The summed E-state index contributed by atoms with van der Waals surface area (Å²) >= 11 is 6.02. The standard InChI is InChI=1S/C19H28ClN3O.ClH/c1-15-12-22(14-19(2)6-7-21-13-19)8-9-23(15)18(24)11-16-4-3-5-17(20)10-16;/h3-5,10,15,21H,6-9,11-14H2,1-2H3;1H. The van der Waals surface area contributed by atoms with Crippen LogP contribution in [0.4, 0.5) is 0 Å². The molecule has 2 saturated heterocycles. The number of nitrogens with zero attached hydrogens (tertiary/aromatic N) is 2. The van der Waals surface area contributed by atoms with Crippen LogP contribution in [0, 0.1) is 5.41 Å². The van der Waals surface area contributed by atoms with Gasteiger partial charge in [-0.3, -0.25) is 9.69 Å². The van der Waals surface area contributed by atoms with E-state index in [4.69, 9.17) is 11.6 Å². The zero-order valence-corrected chi connectivity index (χ0v) is 16.7. The Labute approximate surface area is 162 Å². The smallest absolute Gasteiger partial charge is 0.227 e. The van der Waals surface area contributed by atoms with Crippen LogP contribution >= 0.6 is 24.0 Å². The van der Waals surface area contributed by atoms with Gasteiger partial charge in [-0.05, 0) is 43.0 Å². The van der Waals surface area contributed by atoms with Crippen molar-refractivity contribution < 1.29 is 4.79 Å². The van der Waals surface area contributed by atoms with Gasteiger partial charge in [0.2, 0.25) is 5.91 Å². The van der Waals surface area contributed by atoms with Gasteiger partial charge in [0.15, 0.2) is 0 Å². The second-order valence-electron chi connectivity index (χ2n) is 7.72. The van der Waals surface area contributed by atoms with E-state index in [1.165, 1.54) is 6.42 Å². The van der Waals surface area contributed by atoms with Crippen LogP contribution in [-0.2, 0) is 11.2 Å².